The highest BCUT2D eigenvalue weighted by atomic mass is 15.3. The van der Waals surface area contributed by atoms with Gasteiger partial charge in [-0.25, -0.2) is 0 Å². The second-order valence-corrected chi connectivity index (χ2v) is 7.07. The normalized spacial score (nSPS) is 21.2. The van der Waals surface area contributed by atoms with Crippen molar-refractivity contribution in [1.82, 2.24) is 14.7 Å². The third-order valence-corrected chi connectivity index (χ3v) is 4.63. The van der Waals surface area contributed by atoms with Crippen LogP contribution in [0.4, 0.5) is 0 Å². The minimum atomic E-state index is 0.549. The molecule has 3 heteroatoms. The quantitative estimate of drug-likeness (QED) is 0.708. The van der Waals surface area contributed by atoms with Gasteiger partial charge in [0, 0.05) is 51.5 Å². The van der Waals surface area contributed by atoms with Gasteiger partial charge >= 0.3 is 0 Å². The number of rotatable bonds is 7. The van der Waals surface area contributed by atoms with Gasteiger partial charge in [-0.1, -0.05) is 41.2 Å². The van der Waals surface area contributed by atoms with E-state index in [1.807, 2.05) is 13.8 Å². The highest BCUT2D eigenvalue weighted by molar-refractivity contribution is 4.95. The Labute approximate surface area is 140 Å². The van der Waals surface area contributed by atoms with E-state index in [0.717, 1.165) is 12.5 Å². The maximum absolute atomic E-state index is 4.18. The summed E-state index contributed by atoms with van der Waals surface area (Å²) in [5, 5.41) is 0. The molecule has 1 heterocycles. The molecule has 1 fully saturated rings. The number of piperazine rings is 1. The van der Waals surface area contributed by atoms with Gasteiger partial charge in [0.1, 0.15) is 0 Å². The van der Waals surface area contributed by atoms with E-state index in [0.29, 0.717) is 12.0 Å². The van der Waals surface area contributed by atoms with Crippen LogP contribution >= 0.6 is 0 Å². The Morgan fingerprint density at radius 3 is 2.32 bits per heavy atom. The first-order valence-corrected chi connectivity index (χ1v) is 9.13. The van der Waals surface area contributed by atoms with Crippen molar-refractivity contribution in [3.8, 4) is 0 Å². The van der Waals surface area contributed by atoms with E-state index >= 15 is 0 Å². The van der Waals surface area contributed by atoms with Gasteiger partial charge in [-0.2, -0.15) is 0 Å². The first kappa shape index (κ1) is 21.5. The Kier molecular flexibility index (Phi) is 10.8. The molecular formula is C19H41N3. The molecule has 1 saturated heterocycles. The fourth-order valence-electron chi connectivity index (χ4n) is 2.94. The third-order valence-electron chi connectivity index (χ3n) is 4.63. The zero-order valence-corrected chi connectivity index (χ0v) is 16.5. The van der Waals surface area contributed by atoms with Crippen molar-refractivity contribution in [2.45, 2.75) is 54.0 Å². The van der Waals surface area contributed by atoms with E-state index in [-0.39, 0.29) is 0 Å². The molecule has 1 aliphatic rings. The van der Waals surface area contributed by atoms with E-state index in [2.05, 4.69) is 63.1 Å². The average molecular weight is 312 g/mol. The number of allylic oxidation sites excluding steroid dienone is 1. The second-order valence-electron chi connectivity index (χ2n) is 7.07. The van der Waals surface area contributed by atoms with Crippen molar-refractivity contribution >= 4 is 0 Å². The molecule has 22 heavy (non-hydrogen) atoms. The summed E-state index contributed by atoms with van der Waals surface area (Å²) in [6.45, 7) is 23.3. The Bertz CT molecular complexity index is 301. The molecule has 0 amide bonds. The Morgan fingerprint density at radius 1 is 1.23 bits per heavy atom. The van der Waals surface area contributed by atoms with Gasteiger partial charge in [0.25, 0.3) is 0 Å². The predicted molar refractivity (Wildman–Crippen MR) is 100 cm³/mol. The summed E-state index contributed by atoms with van der Waals surface area (Å²) in [5.74, 6) is 1.30. The Balaban J connectivity index is 0.00000211. The largest absolute Gasteiger partial charge is 0.378 e. The predicted octanol–water partition coefficient (Wildman–Crippen LogP) is 3.78. The molecule has 1 rings (SSSR count). The summed E-state index contributed by atoms with van der Waals surface area (Å²) in [5.41, 5.74) is 1.25. The van der Waals surface area contributed by atoms with Crippen molar-refractivity contribution in [2.75, 3.05) is 46.8 Å². The molecule has 1 aliphatic heterocycles. The fourth-order valence-corrected chi connectivity index (χ4v) is 2.94. The van der Waals surface area contributed by atoms with Gasteiger partial charge in [-0.15, -0.1) is 0 Å². The van der Waals surface area contributed by atoms with E-state index in [1.165, 1.54) is 38.3 Å². The topological polar surface area (TPSA) is 9.72 Å². The molecule has 0 bridgehead atoms. The minimum absolute atomic E-state index is 0.549. The first-order chi connectivity index (χ1) is 10.3. The van der Waals surface area contributed by atoms with Crippen LogP contribution in [0, 0.1) is 11.8 Å². The maximum atomic E-state index is 4.18. The van der Waals surface area contributed by atoms with E-state index < -0.39 is 0 Å². The van der Waals surface area contributed by atoms with Crippen molar-refractivity contribution < 1.29 is 0 Å². The summed E-state index contributed by atoms with van der Waals surface area (Å²) in [7, 11) is 4.40. The monoisotopic (exact) mass is 311 g/mol. The molecule has 0 aromatic rings. The smallest absolute Gasteiger partial charge is 0.0195 e. The Hall–Kier alpha value is -0.540. The van der Waals surface area contributed by atoms with Crippen molar-refractivity contribution in [2.24, 2.45) is 11.8 Å². The highest BCUT2D eigenvalue weighted by Crippen LogP contribution is 2.16. The van der Waals surface area contributed by atoms with Gasteiger partial charge in [-0.05, 0) is 32.2 Å². The Morgan fingerprint density at radius 2 is 1.82 bits per heavy atom. The van der Waals surface area contributed by atoms with Gasteiger partial charge in [-0.3, -0.25) is 4.90 Å². The van der Waals surface area contributed by atoms with Crippen LogP contribution in [0.3, 0.4) is 0 Å². The molecular weight excluding hydrogens is 270 g/mol. The summed E-state index contributed by atoms with van der Waals surface area (Å²) in [4.78, 5) is 7.42. The van der Waals surface area contributed by atoms with Crippen LogP contribution < -0.4 is 0 Å². The molecule has 2 unspecified atom stereocenters. The number of hydrogen-bond acceptors (Lipinski definition) is 3. The molecule has 0 aromatic carbocycles. The minimum Gasteiger partial charge on any atom is -0.378 e. The molecule has 0 radical (unpaired) electrons. The lowest BCUT2D eigenvalue weighted by atomic mass is 10.0. The molecule has 0 N–H and O–H groups in total. The number of hydrogen-bond donors (Lipinski definition) is 0. The number of likely N-dealkylation sites (N-methyl/N-ethyl adjacent to an activating group) is 1. The van der Waals surface area contributed by atoms with Crippen molar-refractivity contribution in [3.63, 3.8) is 0 Å². The third kappa shape index (κ3) is 7.64. The number of nitrogens with zero attached hydrogens (tertiary/aromatic N) is 3. The molecule has 0 aliphatic carbocycles. The van der Waals surface area contributed by atoms with Crippen LogP contribution in [0.25, 0.3) is 0 Å². The second kappa shape index (κ2) is 11.1. The van der Waals surface area contributed by atoms with E-state index in [4.69, 9.17) is 0 Å². The van der Waals surface area contributed by atoms with Crippen LogP contribution in [0.1, 0.15) is 48.0 Å². The van der Waals surface area contributed by atoms with E-state index in [9.17, 15) is 0 Å². The fraction of sp³-hybridized carbons (Fsp3) is 0.895. The summed E-state index contributed by atoms with van der Waals surface area (Å²) < 4.78 is 0. The lowest BCUT2D eigenvalue weighted by molar-refractivity contribution is 0.0848. The van der Waals surface area contributed by atoms with Crippen LogP contribution in [0.15, 0.2) is 12.3 Å². The molecule has 132 valence electrons. The van der Waals surface area contributed by atoms with Gasteiger partial charge in [0.2, 0.25) is 0 Å². The van der Waals surface area contributed by atoms with E-state index in [1.54, 1.807) is 0 Å². The lowest BCUT2D eigenvalue weighted by Gasteiger charge is -2.39. The molecule has 2 atom stereocenters. The highest BCUT2D eigenvalue weighted by Gasteiger charge is 2.22. The standard InChI is InChI=1S/C17H35N3.C2H6/c1-14(2)17(5)19(7)9-8-15(3)12-20-11-10-18(6)13-16(20)4;1-2/h14-16H,5,8-13H2,1-4,6-7H3;1-2H3. The van der Waals surface area contributed by atoms with Crippen LogP contribution in [0.2, 0.25) is 0 Å². The molecule has 0 saturated carbocycles. The molecule has 0 spiro atoms. The SMILES string of the molecule is C=C(C(C)C)N(C)CCC(C)CN1CCN(C)CC1C.CC. The first-order valence-electron chi connectivity index (χ1n) is 9.13. The van der Waals surface area contributed by atoms with Crippen molar-refractivity contribution in [1.29, 1.82) is 0 Å². The van der Waals surface area contributed by atoms with Crippen molar-refractivity contribution in [3.05, 3.63) is 12.3 Å². The molecule has 3 nitrogen and oxygen atoms in total. The van der Waals surface area contributed by atoms with Crippen LogP contribution in [-0.2, 0) is 0 Å². The van der Waals surface area contributed by atoms with Gasteiger partial charge in [0.05, 0.1) is 0 Å². The summed E-state index contributed by atoms with van der Waals surface area (Å²) in [6, 6.07) is 0.694. The average Bonchev–Trinajstić information content (AvgIpc) is 2.48. The van der Waals surface area contributed by atoms with Crippen LogP contribution in [-0.4, -0.2) is 67.6 Å². The summed E-state index contributed by atoms with van der Waals surface area (Å²) in [6.07, 6.45) is 1.25. The maximum Gasteiger partial charge on any atom is 0.0195 e. The zero-order chi connectivity index (χ0) is 17.3. The van der Waals surface area contributed by atoms with Crippen LogP contribution in [0.5, 0.6) is 0 Å². The van der Waals surface area contributed by atoms with Gasteiger partial charge in [0.15, 0.2) is 0 Å². The molecule has 0 aromatic heterocycles. The summed E-state index contributed by atoms with van der Waals surface area (Å²) >= 11 is 0. The van der Waals surface area contributed by atoms with Gasteiger partial charge < -0.3 is 9.80 Å². The lowest BCUT2D eigenvalue weighted by Crippen LogP contribution is -2.51. The zero-order valence-electron chi connectivity index (χ0n) is 16.5.